The van der Waals surface area contributed by atoms with Crippen molar-refractivity contribution in [3.8, 4) is 0 Å². The van der Waals surface area contributed by atoms with Gasteiger partial charge >= 0.3 is 27.4 Å². The third-order valence-corrected chi connectivity index (χ3v) is 3.31. The van der Waals surface area contributed by atoms with Gasteiger partial charge in [0.15, 0.2) is 0 Å². The van der Waals surface area contributed by atoms with Gasteiger partial charge in [0.05, 0.1) is 0 Å². The average molecular weight is 198 g/mol. The second kappa shape index (κ2) is 4.46. The van der Waals surface area contributed by atoms with Crippen molar-refractivity contribution in [1.82, 2.24) is 0 Å². The Balaban J connectivity index is 4.23. The topological polar surface area (TPSA) is 118 Å². The van der Waals surface area contributed by atoms with E-state index < -0.39 is 33.8 Å². The van der Waals surface area contributed by atoms with Gasteiger partial charge in [-0.15, -0.1) is 0 Å². The van der Waals surface area contributed by atoms with Crippen LogP contribution in [0.4, 0.5) is 0 Å². The summed E-state index contributed by atoms with van der Waals surface area (Å²) in [6, 6.07) is 0. The van der Waals surface area contributed by atoms with E-state index in [4.69, 9.17) is 5.11 Å². The molecule has 0 aliphatic carbocycles. The second-order valence-electron chi connectivity index (χ2n) is 1.65. The van der Waals surface area contributed by atoms with Crippen LogP contribution in [0.25, 0.3) is 0 Å². The van der Waals surface area contributed by atoms with Crippen LogP contribution in [0.3, 0.4) is 0 Å². The summed E-state index contributed by atoms with van der Waals surface area (Å²) in [6.07, 6.45) is -0.891. The lowest BCUT2D eigenvalue weighted by atomic mass is 10.5. The van der Waals surface area contributed by atoms with Gasteiger partial charge in [-0.05, 0) is 0 Å². The molecule has 0 bridgehead atoms. The summed E-state index contributed by atoms with van der Waals surface area (Å²) in [5.74, 6) is -1.45. The lowest BCUT2D eigenvalue weighted by Gasteiger charge is -1.95. The molecule has 62 valence electrons. The van der Waals surface area contributed by atoms with Gasteiger partial charge in [0, 0.05) is 0 Å². The van der Waals surface area contributed by atoms with Crippen molar-refractivity contribution >= 4 is 22.0 Å². The zero-order valence-corrected chi connectivity index (χ0v) is 6.96. The molecule has 0 saturated carbocycles. The Labute approximate surface area is 63.6 Å². The van der Waals surface area contributed by atoms with E-state index in [2.05, 4.69) is 0 Å². The Morgan fingerprint density at radius 1 is 1.36 bits per heavy atom. The molecule has 0 aliphatic rings. The van der Waals surface area contributed by atoms with E-state index in [0.717, 1.165) is 0 Å². The number of rotatable bonds is 4. The lowest BCUT2D eigenvalue weighted by molar-refractivity contribution is -0.175. The Morgan fingerprint density at radius 3 is 1.82 bits per heavy atom. The van der Waals surface area contributed by atoms with E-state index in [1.807, 2.05) is 0 Å². The van der Waals surface area contributed by atoms with Crippen molar-refractivity contribution in [1.29, 1.82) is 0 Å². The monoisotopic (exact) mass is 198 g/mol. The van der Waals surface area contributed by atoms with Crippen LogP contribution in [-0.2, 0) is 13.9 Å². The SMILES string of the molecule is O=C(O)CC([P+](=O)[O-])[P+](=O)[O-]. The van der Waals surface area contributed by atoms with Crippen molar-refractivity contribution in [2.45, 2.75) is 11.8 Å². The molecule has 0 aliphatic heterocycles. The highest BCUT2D eigenvalue weighted by molar-refractivity contribution is 7.56. The maximum atomic E-state index is 10.1. The van der Waals surface area contributed by atoms with Crippen LogP contribution in [0.15, 0.2) is 0 Å². The standard InChI is InChI=1S/C3H4O6P2/c4-2(5)1-3(10(6)7)11(8)9/h3H,1H2,(H,4,5). The minimum absolute atomic E-state index is 0.891. The van der Waals surface area contributed by atoms with Gasteiger partial charge in [-0.3, -0.25) is 4.79 Å². The first-order chi connectivity index (χ1) is 4.95. The predicted molar refractivity (Wildman–Crippen MR) is 31.3 cm³/mol. The van der Waals surface area contributed by atoms with E-state index in [9.17, 15) is 23.7 Å². The minimum atomic E-state index is -3.21. The summed E-state index contributed by atoms with van der Waals surface area (Å²) in [5, 5.41) is 6.27. The average Bonchev–Trinajstić information content (AvgIpc) is 1.81. The van der Waals surface area contributed by atoms with Crippen LogP contribution in [0, 0.1) is 0 Å². The summed E-state index contributed by atoms with van der Waals surface area (Å²) in [7, 11) is -6.43. The first-order valence-electron chi connectivity index (χ1n) is 2.44. The van der Waals surface area contributed by atoms with Crippen LogP contribution < -0.4 is 9.79 Å². The summed E-state index contributed by atoms with van der Waals surface area (Å²) >= 11 is 0. The van der Waals surface area contributed by atoms with E-state index in [-0.39, 0.29) is 0 Å². The Bertz CT molecular complexity index is 186. The van der Waals surface area contributed by atoms with Gasteiger partial charge in [0.25, 0.3) is 0 Å². The molecule has 1 N–H and O–H groups in total. The fourth-order valence-corrected chi connectivity index (χ4v) is 1.61. The van der Waals surface area contributed by atoms with Crippen LogP contribution in [-0.4, -0.2) is 16.5 Å². The smallest absolute Gasteiger partial charge is 0.365 e. The molecule has 0 rings (SSSR count). The van der Waals surface area contributed by atoms with Crippen molar-refractivity contribution in [2.75, 3.05) is 0 Å². The number of carbonyl (C=O) groups is 1. The number of aliphatic carboxylic acids is 1. The van der Waals surface area contributed by atoms with E-state index in [1.165, 1.54) is 0 Å². The summed E-state index contributed by atoms with van der Waals surface area (Å²) < 4.78 is 20.1. The molecule has 0 aromatic rings. The maximum Gasteiger partial charge on any atom is 0.365 e. The maximum absolute atomic E-state index is 10.1. The lowest BCUT2D eigenvalue weighted by Crippen LogP contribution is -2.13. The molecular weight excluding hydrogens is 194 g/mol. The highest BCUT2D eigenvalue weighted by Crippen LogP contribution is 2.36. The Hall–Kier alpha value is -0.410. The first-order valence-corrected chi connectivity index (χ1v) is 4.93. The van der Waals surface area contributed by atoms with Gasteiger partial charge in [0.1, 0.15) is 6.42 Å². The molecule has 0 fully saturated rings. The van der Waals surface area contributed by atoms with E-state index in [1.54, 1.807) is 0 Å². The molecule has 11 heavy (non-hydrogen) atoms. The number of carboxylic acid groups (broad SMARTS) is 1. The summed E-state index contributed by atoms with van der Waals surface area (Å²) in [6.45, 7) is 0. The fourth-order valence-electron chi connectivity index (χ4n) is 0.382. The molecule has 0 spiro atoms. The van der Waals surface area contributed by atoms with Gasteiger partial charge in [-0.2, -0.15) is 0 Å². The molecule has 2 atom stereocenters. The van der Waals surface area contributed by atoms with Gasteiger partial charge in [-0.1, -0.05) is 9.13 Å². The minimum Gasteiger partial charge on any atom is -0.592 e. The number of carboxylic acids is 1. The molecule has 8 heteroatoms. The van der Waals surface area contributed by atoms with Crippen LogP contribution in [0.2, 0.25) is 0 Å². The zero-order valence-electron chi connectivity index (χ0n) is 5.17. The molecule has 2 unspecified atom stereocenters. The van der Waals surface area contributed by atoms with Crippen molar-refractivity contribution in [2.24, 2.45) is 0 Å². The van der Waals surface area contributed by atoms with E-state index >= 15 is 0 Å². The molecule has 0 aromatic carbocycles. The van der Waals surface area contributed by atoms with Crippen LogP contribution >= 0.6 is 16.1 Å². The molecular formula is C3H4O6P2. The van der Waals surface area contributed by atoms with Gasteiger partial charge < -0.3 is 14.9 Å². The highest BCUT2D eigenvalue weighted by atomic mass is 31.2. The Morgan fingerprint density at radius 2 is 1.73 bits per heavy atom. The summed E-state index contributed by atoms with van der Waals surface area (Å²) in [5.41, 5.74) is 0. The van der Waals surface area contributed by atoms with Gasteiger partial charge in [-0.25, -0.2) is 0 Å². The number of hydrogen-bond donors (Lipinski definition) is 1. The third-order valence-electron chi connectivity index (χ3n) is 0.844. The summed E-state index contributed by atoms with van der Waals surface area (Å²) in [4.78, 5) is 30.0. The van der Waals surface area contributed by atoms with Crippen LogP contribution in [0.5, 0.6) is 0 Å². The molecule has 6 nitrogen and oxygen atoms in total. The first kappa shape index (κ1) is 10.6. The largest absolute Gasteiger partial charge is 0.592 e. The second-order valence-corrected chi connectivity index (χ2v) is 4.44. The molecule has 0 saturated heterocycles. The fraction of sp³-hybridized carbons (Fsp3) is 0.667. The van der Waals surface area contributed by atoms with Crippen molar-refractivity contribution in [3.63, 3.8) is 0 Å². The van der Waals surface area contributed by atoms with Crippen LogP contribution in [0.1, 0.15) is 6.42 Å². The normalized spacial score (nSPS) is 15.5. The predicted octanol–water partition coefficient (Wildman–Crippen LogP) is -1.01. The molecule has 0 heterocycles. The molecule has 0 aromatic heterocycles. The molecule has 0 radical (unpaired) electrons. The van der Waals surface area contributed by atoms with E-state index in [0.29, 0.717) is 0 Å². The van der Waals surface area contributed by atoms with Gasteiger partial charge in [0.2, 0.25) is 0 Å². The molecule has 0 amide bonds. The van der Waals surface area contributed by atoms with Crippen molar-refractivity contribution < 1.29 is 28.8 Å². The number of hydrogen-bond acceptors (Lipinski definition) is 5. The highest BCUT2D eigenvalue weighted by Gasteiger charge is 2.37. The van der Waals surface area contributed by atoms with Crippen molar-refractivity contribution in [3.05, 3.63) is 0 Å². The quantitative estimate of drug-likeness (QED) is 0.578. The zero-order chi connectivity index (χ0) is 9.02. The Kier molecular flexibility index (Phi) is 4.30. The third kappa shape index (κ3) is 4.11.